The molecule has 0 saturated carbocycles. The maximum atomic E-state index is 2.46. The van der Waals surface area contributed by atoms with Gasteiger partial charge in [0.2, 0.25) is 0 Å². The smallest absolute Gasteiger partial charge is 0.0562 e. The quantitative estimate of drug-likeness (QED) is 0.180. The lowest BCUT2D eigenvalue weighted by atomic mass is 9.97. The van der Waals surface area contributed by atoms with Gasteiger partial charge in [0, 0.05) is 49.4 Å². The van der Waals surface area contributed by atoms with Crippen LogP contribution in [0, 0.1) is 0 Å². The molecule has 11 rings (SSSR count). The molecule has 1 aliphatic rings. The van der Waals surface area contributed by atoms with Crippen molar-refractivity contribution in [1.82, 2.24) is 13.7 Å². The van der Waals surface area contributed by atoms with Gasteiger partial charge in [-0.1, -0.05) is 103 Å². The minimum absolute atomic E-state index is 1.09. The van der Waals surface area contributed by atoms with E-state index in [0.29, 0.717) is 0 Å². The van der Waals surface area contributed by atoms with Crippen LogP contribution in [0.25, 0.3) is 88.1 Å². The van der Waals surface area contributed by atoms with Crippen LogP contribution < -0.4 is 0 Å². The van der Waals surface area contributed by atoms with Gasteiger partial charge < -0.3 is 13.7 Å². The summed E-state index contributed by atoms with van der Waals surface area (Å²) in [5, 5.41) is 7.57. The first-order chi connectivity index (χ1) is 25.3. The molecule has 0 bridgehead atoms. The summed E-state index contributed by atoms with van der Waals surface area (Å²) in [6.45, 7) is 0. The van der Waals surface area contributed by atoms with Crippen molar-refractivity contribution in [2.24, 2.45) is 0 Å². The van der Waals surface area contributed by atoms with Gasteiger partial charge in [0.05, 0.1) is 33.1 Å². The molecule has 7 aromatic carbocycles. The zero-order valence-corrected chi connectivity index (χ0v) is 28.0. The van der Waals surface area contributed by atoms with Crippen LogP contribution in [0.3, 0.4) is 0 Å². The molecule has 0 unspecified atom stereocenters. The summed E-state index contributed by atoms with van der Waals surface area (Å²) in [5.74, 6) is 0. The topological polar surface area (TPSA) is 14.8 Å². The average molecular weight is 652 g/mol. The molecule has 0 fully saturated rings. The SMILES string of the molecule is C1=CCCC(c2ccc(-n3c4ccccc4c4cc5c6ccccc6n(-c6ccc7c(c6)c6ccccc6n7-c6ccccc6)c5cc43)cc2)=C1. The molecule has 0 amide bonds. The fourth-order valence-electron chi connectivity index (χ4n) is 8.61. The molecule has 51 heavy (non-hydrogen) atoms. The largest absolute Gasteiger partial charge is 0.309 e. The molecule has 3 aromatic heterocycles. The fraction of sp³-hybridized carbons (Fsp3) is 0.0417. The average Bonchev–Trinajstić information content (AvgIpc) is 3.83. The van der Waals surface area contributed by atoms with Gasteiger partial charge in [-0.25, -0.2) is 0 Å². The highest BCUT2D eigenvalue weighted by Crippen LogP contribution is 2.41. The maximum Gasteiger partial charge on any atom is 0.0562 e. The maximum absolute atomic E-state index is 2.46. The Hall–Kier alpha value is -6.58. The van der Waals surface area contributed by atoms with E-state index in [-0.39, 0.29) is 0 Å². The van der Waals surface area contributed by atoms with E-state index in [1.165, 1.54) is 87.9 Å². The van der Waals surface area contributed by atoms with E-state index in [2.05, 4.69) is 190 Å². The van der Waals surface area contributed by atoms with Crippen molar-refractivity contribution in [1.29, 1.82) is 0 Å². The Balaban J connectivity index is 1.18. The third kappa shape index (κ3) is 4.18. The zero-order chi connectivity index (χ0) is 33.5. The lowest BCUT2D eigenvalue weighted by molar-refractivity contribution is 1.05. The summed E-state index contributed by atoms with van der Waals surface area (Å²) in [7, 11) is 0. The van der Waals surface area contributed by atoms with E-state index in [1.54, 1.807) is 0 Å². The number of hydrogen-bond donors (Lipinski definition) is 0. The molecule has 0 radical (unpaired) electrons. The number of aromatic nitrogens is 3. The van der Waals surface area contributed by atoms with Crippen molar-refractivity contribution in [3.8, 4) is 17.1 Å². The molecular formula is C48H33N3. The second kappa shape index (κ2) is 11.0. The Morgan fingerprint density at radius 2 is 0.843 bits per heavy atom. The van der Waals surface area contributed by atoms with Crippen LogP contribution in [0.1, 0.15) is 18.4 Å². The van der Waals surface area contributed by atoms with Crippen molar-refractivity contribution < 1.29 is 0 Å². The van der Waals surface area contributed by atoms with Crippen LogP contribution in [-0.4, -0.2) is 13.7 Å². The fourth-order valence-corrected chi connectivity index (χ4v) is 8.61. The first-order valence-electron chi connectivity index (χ1n) is 17.8. The molecule has 3 heteroatoms. The Kier molecular flexibility index (Phi) is 6.08. The van der Waals surface area contributed by atoms with E-state index in [4.69, 9.17) is 0 Å². The van der Waals surface area contributed by atoms with E-state index < -0.39 is 0 Å². The Morgan fingerprint density at radius 3 is 1.45 bits per heavy atom. The lowest BCUT2D eigenvalue weighted by Gasteiger charge is -2.13. The van der Waals surface area contributed by atoms with Crippen molar-refractivity contribution >= 4 is 71.0 Å². The van der Waals surface area contributed by atoms with Crippen molar-refractivity contribution in [2.75, 3.05) is 0 Å². The van der Waals surface area contributed by atoms with Crippen molar-refractivity contribution in [3.63, 3.8) is 0 Å². The summed E-state index contributed by atoms with van der Waals surface area (Å²) in [6.07, 6.45) is 8.88. The molecular weight excluding hydrogens is 619 g/mol. The second-order valence-electron chi connectivity index (χ2n) is 13.7. The summed E-state index contributed by atoms with van der Waals surface area (Å²) in [6, 6.07) is 58.1. The number of rotatable bonds is 4. The summed E-state index contributed by atoms with van der Waals surface area (Å²) < 4.78 is 7.29. The standard InChI is InChI=1S/C48H33N3/c1-3-13-32(14-4-1)33-23-25-35(26-24-33)50-44-21-11-8-18-38(44)41-30-42-39-19-9-12-22-45(39)51(48(42)31-47(41)50)36-27-28-46-40(29-36)37-17-7-10-20-43(37)49(46)34-15-5-2-6-16-34/h1-3,5-13,15-31H,4,14H2. The van der Waals surface area contributed by atoms with Crippen LogP contribution >= 0.6 is 0 Å². The highest BCUT2D eigenvalue weighted by Gasteiger charge is 2.20. The normalized spacial score (nSPS) is 13.4. The number of benzene rings is 7. The van der Waals surface area contributed by atoms with Gasteiger partial charge in [-0.05, 0) is 96.8 Å². The van der Waals surface area contributed by atoms with Gasteiger partial charge in [-0.3, -0.25) is 0 Å². The Bertz CT molecular complexity index is 3050. The molecule has 0 atom stereocenters. The Morgan fingerprint density at radius 1 is 0.353 bits per heavy atom. The van der Waals surface area contributed by atoms with Gasteiger partial charge in [-0.15, -0.1) is 0 Å². The molecule has 0 saturated heterocycles. The molecule has 3 nitrogen and oxygen atoms in total. The van der Waals surface area contributed by atoms with Crippen LogP contribution in [0.5, 0.6) is 0 Å². The molecule has 0 spiro atoms. The molecule has 10 aromatic rings. The summed E-state index contributed by atoms with van der Waals surface area (Å²) >= 11 is 0. The second-order valence-corrected chi connectivity index (χ2v) is 13.7. The van der Waals surface area contributed by atoms with Crippen LogP contribution in [0.15, 0.2) is 176 Å². The predicted molar refractivity (Wildman–Crippen MR) is 216 cm³/mol. The summed E-state index contributed by atoms with van der Waals surface area (Å²) in [5.41, 5.74) is 13.5. The van der Waals surface area contributed by atoms with Gasteiger partial charge in [0.25, 0.3) is 0 Å². The third-order valence-corrected chi connectivity index (χ3v) is 10.9. The highest BCUT2D eigenvalue weighted by molar-refractivity contribution is 6.19. The predicted octanol–water partition coefficient (Wildman–Crippen LogP) is 12.7. The Labute approximate surface area is 295 Å². The van der Waals surface area contributed by atoms with Crippen LogP contribution in [0.4, 0.5) is 0 Å². The monoisotopic (exact) mass is 651 g/mol. The van der Waals surface area contributed by atoms with E-state index in [0.717, 1.165) is 18.5 Å². The number of hydrogen-bond acceptors (Lipinski definition) is 0. The lowest BCUT2D eigenvalue weighted by Crippen LogP contribution is -1.97. The summed E-state index contributed by atoms with van der Waals surface area (Å²) in [4.78, 5) is 0. The number of fused-ring (bicyclic) bond motifs is 9. The first kappa shape index (κ1) is 28.3. The molecule has 240 valence electrons. The van der Waals surface area contributed by atoms with E-state index >= 15 is 0 Å². The van der Waals surface area contributed by atoms with Gasteiger partial charge >= 0.3 is 0 Å². The number of nitrogens with zero attached hydrogens (tertiary/aromatic N) is 3. The van der Waals surface area contributed by atoms with E-state index in [9.17, 15) is 0 Å². The molecule has 0 N–H and O–H groups in total. The van der Waals surface area contributed by atoms with Crippen molar-refractivity contribution in [2.45, 2.75) is 12.8 Å². The number of allylic oxidation sites excluding steroid dienone is 4. The molecule has 1 aliphatic carbocycles. The van der Waals surface area contributed by atoms with Crippen LogP contribution in [0.2, 0.25) is 0 Å². The minimum Gasteiger partial charge on any atom is -0.309 e. The highest BCUT2D eigenvalue weighted by atomic mass is 15.0. The minimum atomic E-state index is 1.09. The van der Waals surface area contributed by atoms with Crippen LogP contribution in [-0.2, 0) is 0 Å². The third-order valence-electron chi connectivity index (χ3n) is 10.9. The van der Waals surface area contributed by atoms with Gasteiger partial charge in [-0.2, -0.15) is 0 Å². The zero-order valence-electron chi connectivity index (χ0n) is 28.0. The molecule has 0 aliphatic heterocycles. The van der Waals surface area contributed by atoms with Crippen molar-refractivity contribution in [3.05, 3.63) is 182 Å². The van der Waals surface area contributed by atoms with E-state index in [1.807, 2.05) is 0 Å². The number of para-hydroxylation sites is 4. The van der Waals surface area contributed by atoms with Gasteiger partial charge in [0.15, 0.2) is 0 Å². The molecule has 3 heterocycles. The van der Waals surface area contributed by atoms with Gasteiger partial charge in [0.1, 0.15) is 0 Å². The first-order valence-corrected chi connectivity index (χ1v) is 17.8.